The van der Waals surface area contributed by atoms with Crippen molar-refractivity contribution in [2.24, 2.45) is 0 Å². The smallest absolute Gasteiger partial charge is 0.310 e. The van der Waals surface area contributed by atoms with E-state index in [1.165, 1.54) is 4.90 Å². The molecule has 0 atom stereocenters. The molecule has 0 bridgehead atoms. The Bertz CT molecular complexity index is 1110. The molecule has 1 amide bonds. The third-order valence-electron chi connectivity index (χ3n) is 5.13. The summed E-state index contributed by atoms with van der Waals surface area (Å²) < 4.78 is 10.9. The zero-order valence-corrected chi connectivity index (χ0v) is 17.4. The van der Waals surface area contributed by atoms with Gasteiger partial charge in [0.05, 0.1) is 25.2 Å². The predicted octanol–water partition coefficient (Wildman–Crippen LogP) is 4.39. The van der Waals surface area contributed by atoms with Crippen molar-refractivity contribution in [1.82, 2.24) is 0 Å². The van der Waals surface area contributed by atoms with Crippen molar-refractivity contribution in [3.05, 3.63) is 64.9 Å². The summed E-state index contributed by atoms with van der Waals surface area (Å²) in [5, 5.41) is 9.76. The maximum atomic E-state index is 12.7. The molecule has 1 heterocycles. The Morgan fingerprint density at radius 1 is 1.10 bits per heavy atom. The molecular formula is C24H24N2O4. The fourth-order valence-corrected chi connectivity index (χ4v) is 3.24. The first-order valence-electron chi connectivity index (χ1n) is 9.76. The number of carbonyl (C=O) groups is 2. The van der Waals surface area contributed by atoms with E-state index in [4.69, 9.17) is 14.4 Å². The fraction of sp³-hybridized carbons (Fsp3) is 0.292. The van der Waals surface area contributed by atoms with Crippen molar-refractivity contribution in [2.75, 3.05) is 18.1 Å². The normalized spacial score (nSPS) is 10.6. The van der Waals surface area contributed by atoms with Crippen LogP contribution in [0.5, 0.6) is 0 Å². The zero-order chi connectivity index (χ0) is 21.7. The molecule has 2 aromatic carbocycles. The quantitative estimate of drug-likeness (QED) is 0.545. The van der Waals surface area contributed by atoms with E-state index in [2.05, 4.69) is 0 Å². The van der Waals surface area contributed by atoms with Crippen LogP contribution in [0.1, 0.15) is 28.7 Å². The molecule has 6 heteroatoms. The highest BCUT2D eigenvalue weighted by molar-refractivity contribution is 5.95. The molecule has 0 radical (unpaired) electrons. The van der Waals surface area contributed by atoms with Gasteiger partial charge in [0, 0.05) is 23.2 Å². The zero-order valence-electron chi connectivity index (χ0n) is 17.4. The summed E-state index contributed by atoms with van der Waals surface area (Å²) in [6.07, 6.45) is 1.77. The number of nitriles is 1. The topological polar surface area (TPSA) is 83.5 Å². The van der Waals surface area contributed by atoms with Gasteiger partial charge in [-0.25, -0.2) is 0 Å². The molecule has 0 saturated carbocycles. The van der Waals surface area contributed by atoms with Crippen LogP contribution in [0.2, 0.25) is 0 Å². The van der Waals surface area contributed by atoms with Gasteiger partial charge in [-0.3, -0.25) is 9.59 Å². The van der Waals surface area contributed by atoms with Gasteiger partial charge in [-0.1, -0.05) is 29.8 Å². The summed E-state index contributed by atoms with van der Waals surface area (Å²) in [4.78, 5) is 26.5. The highest BCUT2D eigenvalue weighted by Crippen LogP contribution is 2.27. The molecule has 3 rings (SSSR count). The van der Waals surface area contributed by atoms with E-state index < -0.39 is 5.97 Å². The van der Waals surface area contributed by atoms with Gasteiger partial charge < -0.3 is 14.1 Å². The largest absolute Gasteiger partial charge is 0.464 e. The molecule has 0 spiro atoms. The summed E-state index contributed by atoms with van der Waals surface area (Å²) in [6.45, 7) is 5.79. The predicted molar refractivity (Wildman–Crippen MR) is 114 cm³/mol. The van der Waals surface area contributed by atoms with Crippen LogP contribution in [0.4, 0.5) is 5.69 Å². The number of rotatable bonds is 7. The molecule has 0 fully saturated rings. The van der Waals surface area contributed by atoms with E-state index in [0.717, 1.165) is 33.2 Å². The van der Waals surface area contributed by atoms with Gasteiger partial charge in [-0.05, 0) is 44.0 Å². The van der Waals surface area contributed by atoms with Gasteiger partial charge in [0.15, 0.2) is 6.61 Å². The highest BCUT2D eigenvalue weighted by Gasteiger charge is 2.19. The van der Waals surface area contributed by atoms with Crippen molar-refractivity contribution < 1.29 is 18.7 Å². The lowest BCUT2D eigenvalue weighted by molar-refractivity contribution is -0.147. The molecule has 6 nitrogen and oxygen atoms in total. The summed E-state index contributed by atoms with van der Waals surface area (Å²) >= 11 is 0. The van der Waals surface area contributed by atoms with Gasteiger partial charge >= 0.3 is 5.97 Å². The Hall–Kier alpha value is -3.59. The van der Waals surface area contributed by atoms with Crippen molar-refractivity contribution in [3.8, 4) is 6.07 Å². The standard InChI is InChI=1S/C24H24N2O4/c1-16-5-8-20(9-6-16)26(12-4-11-25)22(27)15-29-23(28)13-19-14-30-24-18(3)17(2)7-10-21(19)24/h5-10,14H,4,12-13,15H2,1-3H3. The third kappa shape index (κ3) is 4.69. The third-order valence-corrected chi connectivity index (χ3v) is 5.13. The Balaban J connectivity index is 1.65. The Kier molecular flexibility index (Phi) is 6.53. The minimum Gasteiger partial charge on any atom is -0.464 e. The van der Waals surface area contributed by atoms with Crippen LogP contribution < -0.4 is 4.90 Å². The average Bonchev–Trinajstić information content (AvgIpc) is 3.14. The summed E-state index contributed by atoms with van der Waals surface area (Å²) in [5.41, 5.74) is 5.37. The number of benzene rings is 2. The van der Waals surface area contributed by atoms with E-state index in [1.54, 1.807) is 6.26 Å². The van der Waals surface area contributed by atoms with Crippen molar-refractivity contribution in [1.29, 1.82) is 5.26 Å². The molecule has 0 saturated heterocycles. The maximum absolute atomic E-state index is 12.7. The molecule has 0 aliphatic carbocycles. The second kappa shape index (κ2) is 9.27. The number of nitrogens with zero attached hydrogens (tertiary/aromatic N) is 2. The second-order valence-electron chi connectivity index (χ2n) is 7.27. The number of carbonyl (C=O) groups excluding carboxylic acids is 2. The Morgan fingerprint density at radius 2 is 1.83 bits per heavy atom. The SMILES string of the molecule is Cc1ccc(N(CCC#N)C(=O)COC(=O)Cc2coc3c(C)c(C)ccc23)cc1. The van der Waals surface area contributed by atoms with Gasteiger partial charge in [-0.15, -0.1) is 0 Å². The number of fused-ring (bicyclic) bond motifs is 1. The monoisotopic (exact) mass is 404 g/mol. The van der Waals surface area contributed by atoms with Gasteiger partial charge in [0.1, 0.15) is 5.58 Å². The lowest BCUT2D eigenvalue weighted by Crippen LogP contribution is -2.35. The lowest BCUT2D eigenvalue weighted by atomic mass is 10.0. The van der Waals surface area contributed by atoms with Crippen LogP contribution in [-0.4, -0.2) is 25.0 Å². The number of aryl methyl sites for hydroxylation is 3. The maximum Gasteiger partial charge on any atom is 0.310 e. The van der Waals surface area contributed by atoms with E-state index in [1.807, 2.05) is 63.2 Å². The van der Waals surface area contributed by atoms with Crippen LogP contribution in [0.3, 0.4) is 0 Å². The molecule has 1 aromatic heterocycles. The molecule has 0 aliphatic heterocycles. The number of furan rings is 1. The molecule has 154 valence electrons. The first kappa shape index (κ1) is 21.1. The van der Waals surface area contributed by atoms with E-state index in [9.17, 15) is 9.59 Å². The molecule has 0 N–H and O–H groups in total. The first-order chi connectivity index (χ1) is 14.4. The van der Waals surface area contributed by atoms with E-state index in [0.29, 0.717) is 5.69 Å². The first-order valence-corrected chi connectivity index (χ1v) is 9.76. The minimum atomic E-state index is -0.506. The number of anilines is 1. The molecular weight excluding hydrogens is 380 g/mol. The van der Waals surface area contributed by atoms with Crippen molar-refractivity contribution >= 4 is 28.5 Å². The van der Waals surface area contributed by atoms with Crippen LogP contribution in [0.15, 0.2) is 47.1 Å². The number of amides is 1. The lowest BCUT2D eigenvalue weighted by Gasteiger charge is -2.21. The van der Waals surface area contributed by atoms with E-state index >= 15 is 0 Å². The molecule has 30 heavy (non-hydrogen) atoms. The van der Waals surface area contributed by atoms with Gasteiger partial charge in [-0.2, -0.15) is 5.26 Å². The van der Waals surface area contributed by atoms with Crippen LogP contribution >= 0.6 is 0 Å². The summed E-state index contributed by atoms with van der Waals surface area (Å²) in [7, 11) is 0. The second-order valence-corrected chi connectivity index (χ2v) is 7.27. The highest BCUT2D eigenvalue weighted by atomic mass is 16.5. The van der Waals surface area contributed by atoms with Crippen molar-refractivity contribution in [3.63, 3.8) is 0 Å². The van der Waals surface area contributed by atoms with Crippen LogP contribution in [0, 0.1) is 32.1 Å². The number of hydrogen-bond donors (Lipinski definition) is 0. The van der Waals surface area contributed by atoms with E-state index in [-0.39, 0.29) is 31.9 Å². The summed E-state index contributed by atoms with van der Waals surface area (Å²) in [6, 6.07) is 13.4. The van der Waals surface area contributed by atoms with Crippen LogP contribution in [0.25, 0.3) is 11.0 Å². The Morgan fingerprint density at radius 3 is 2.53 bits per heavy atom. The summed E-state index contributed by atoms with van der Waals surface area (Å²) in [5.74, 6) is -0.876. The van der Waals surface area contributed by atoms with Gasteiger partial charge in [0.25, 0.3) is 5.91 Å². The Labute approximate surface area is 175 Å². The average molecular weight is 404 g/mol. The number of esters is 1. The van der Waals surface area contributed by atoms with Crippen LogP contribution in [-0.2, 0) is 20.7 Å². The number of ether oxygens (including phenoxy) is 1. The molecule has 3 aromatic rings. The minimum absolute atomic E-state index is 0.0194. The van der Waals surface area contributed by atoms with Crippen molar-refractivity contribution in [2.45, 2.75) is 33.6 Å². The number of hydrogen-bond acceptors (Lipinski definition) is 5. The fourth-order valence-electron chi connectivity index (χ4n) is 3.24. The molecule has 0 aliphatic rings. The van der Waals surface area contributed by atoms with Gasteiger partial charge in [0.2, 0.25) is 0 Å². The molecule has 0 unspecified atom stereocenters.